The molecule has 0 aliphatic carbocycles. The van der Waals surface area contributed by atoms with Crippen LogP contribution >= 0.6 is 0 Å². The van der Waals surface area contributed by atoms with Gasteiger partial charge in [0.1, 0.15) is 5.75 Å². The summed E-state index contributed by atoms with van der Waals surface area (Å²) in [5.41, 5.74) is 1.38. The molecule has 30 heavy (non-hydrogen) atoms. The van der Waals surface area contributed by atoms with E-state index in [4.69, 9.17) is 0 Å². The molecular weight excluding hydrogens is 401 g/mol. The summed E-state index contributed by atoms with van der Waals surface area (Å²) in [6.07, 6.45) is -1.48. The van der Waals surface area contributed by atoms with Gasteiger partial charge in [-0.1, -0.05) is 18.2 Å². The maximum atomic E-state index is 12.4. The minimum absolute atomic E-state index is 0.0187. The predicted octanol–water partition coefficient (Wildman–Crippen LogP) is 1.99. The van der Waals surface area contributed by atoms with Gasteiger partial charge in [-0.05, 0) is 29.3 Å². The third-order valence-corrected chi connectivity index (χ3v) is 4.55. The Kier molecular flexibility index (Phi) is 6.88. The fourth-order valence-electron chi connectivity index (χ4n) is 3.20. The Labute approximate surface area is 171 Å². The number of rotatable bonds is 7. The van der Waals surface area contributed by atoms with Crippen molar-refractivity contribution < 1.29 is 27.5 Å². The molecular formula is C20H21F3N4O3. The minimum atomic E-state index is -4.78. The van der Waals surface area contributed by atoms with E-state index in [9.17, 15) is 22.8 Å². The van der Waals surface area contributed by atoms with Crippen LogP contribution in [-0.2, 0) is 22.7 Å². The second kappa shape index (κ2) is 9.57. The first kappa shape index (κ1) is 21.6. The van der Waals surface area contributed by atoms with E-state index in [-0.39, 0.29) is 30.5 Å². The monoisotopic (exact) mass is 422 g/mol. The Morgan fingerprint density at radius 1 is 1.27 bits per heavy atom. The molecule has 160 valence electrons. The number of carbonyl (C=O) groups excluding carboxylic acids is 2. The molecule has 2 amide bonds. The van der Waals surface area contributed by atoms with Gasteiger partial charge in [-0.3, -0.25) is 19.5 Å². The van der Waals surface area contributed by atoms with Crippen LogP contribution in [0.5, 0.6) is 5.75 Å². The van der Waals surface area contributed by atoms with E-state index in [0.717, 1.165) is 5.56 Å². The SMILES string of the molecule is O=C(CC1C(=O)NCCN1Cc1cccnc1)NCc1cccc(OC(F)(F)F)c1. The number of nitrogens with one attached hydrogen (secondary N) is 2. The number of nitrogens with zero attached hydrogens (tertiary/aromatic N) is 2. The third kappa shape index (κ3) is 6.45. The minimum Gasteiger partial charge on any atom is -0.406 e. The molecule has 0 radical (unpaired) electrons. The van der Waals surface area contributed by atoms with Gasteiger partial charge < -0.3 is 15.4 Å². The molecule has 0 spiro atoms. The second-order valence-corrected chi connectivity index (χ2v) is 6.81. The van der Waals surface area contributed by atoms with E-state index < -0.39 is 12.4 Å². The van der Waals surface area contributed by atoms with Gasteiger partial charge in [0, 0.05) is 38.6 Å². The molecule has 1 aromatic heterocycles. The predicted molar refractivity (Wildman–Crippen MR) is 101 cm³/mol. The molecule has 2 N–H and O–H groups in total. The van der Waals surface area contributed by atoms with Crippen molar-refractivity contribution in [3.63, 3.8) is 0 Å². The molecule has 1 aliphatic heterocycles. The number of piperazine rings is 1. The van der Waals surface area contributed by atoms with Gasteiger partial charge in [-0.25, -0.2) is 0 Å². The van der Waals surface area contributed by atoms with Gasteiger partial charge >= 0.3 is 6.36 Å². The summed E-state index contributed by atoms with van der Waals surface area (Å²) in [5.74, 6) is -0.972. The van der Waals surface area contributed by atoms with Crippen molar-refractivity contribution >= 4 is 11.8 Å². The average Bonchev–Trinajstić information content (AvgIpc) is 2.69. The van der Waals surface area contributed by atoms with Crippen molar-refractivity contribution in [2.24, 2.45) is 0 Å². The molecule has 3 rings (SSSR count). The molecule has 2 heterocycles. The van der Waals surface area contributed by atoms with E-state index in [0.29, 0.717) is 25.2 Å². The first-order valence-electron chi connectivity index (χ1n) is 9.32. The van der Waals surface area contributed by atoms with Gasteiger partial charge in [0.05, 0.1) is 12.5 Å². The number of ether oxygens (including phenoxy) is 1. The normalized spacial score (nSPS) is 17.3. The molecule has 2 aromatic rings. The summed E-state index contributed by atoms with van der Waals surface area (Å²) in [5, 5.41) is 5.40. The number of alkyl halides is 3. The molecule has 1 saturated heterocycles. The van der Waals surface area contributed by atoms with Crippen molar-refractivity contribution in [3.8, 4) is 5.75 Å². The van der Waals surface area contributed by atoms with Gasteiger partial charge in [0.2, 0.25) is 11.8 Å². The smallest absolute Gasteiger partial charge is 0.406 e. The quantitative estimate of drug-likeness (QED) is 0.713. The molecule has 0 saturated carbocycles. The van der Waals surface area contributed by atoms with Gasteiger partial charge in [-0.2, -0.15) is 0 Å². The van der Waals surface area contributed by atoms with Crippen LogP contribution in [-0.4, -0.2) is 47.2 Å². The lowest BCUT2D eigenvalue weighted by Gasteiger charge is -2.34. The summed E-state index contributed by atoms with van der Waals surface area (Å²) in [7, 11) is 0. The molecule has 1 aliphatic rings. The third-order valence-electron chi connectivity index (χ3n) is 4.55. The summed E-state index contributed by atoms with van der Waals surface area (Å²) < 4.78 is 40.9. The van der Waals surface area contributed by atoms with Crippen LogP contribution in [0.3, 0.4) is 0 Å². The Morgan fingerprint density at radius 3 is 2.80 bits per heavy atom. The van der Waals surface area contributed by atoms with Crippen LogP contribution in [0.15, 0.2) is 48.8 Å². The summed E-state index contributed by atoms with van der Waals surface area (Å²) in [4.78, 5) is 30.7. The van der Waals surface area contributed by atoms with Crippen LogP contribution in [0, 0.1) is 0 Å². The van der Waals surface area contributed by atoms with E-state index in [2.05, 4.69) is 20.4 Å². The Bertz CT molecular complexity index is 877. The summed E-state index contributed by atoms with van der Waals surface area (Å²) >= 11 is 0. The van der Waals surface area contributed by atoms with Crippen molar-refractivity contribution in [1.29, 1.82) is 0 Å². The van der Waals surface area contributed by atoms with E-state index in [1.807, 2.05) is 11.0 Å². The standard InChI is InChI=1S/C20H21F3N4O3/c21-20(22,23)30-16-5-1-3-14(9-16)12-26-18(28)10-17-19(29)25-7-8-27(17)13-15-4-2-6-24-11-15/h1-6,9,11,17H,7-8,10,12-13H2,(H,25,29)(H,26,28). The number of hydrogen-bond acceptors (Lipinski definition) is 5. The number of benzene rings is 1. The molecule has 1 fully saturated rings. The van der Waals surface area contributed by atoms with E-state index >= 15 is 0 Å². The van der Waals surface area contributed by atoms with Crippen LogP contribution in [0.25, 0.3) is 0 Å². The first-order valence-corrected chi connectivity index (χ1v) is 9.32. The summed E-state index contributed by atoms with van der Waals surface area (Å²) in [6, 6.07) is 8.43. The zero-order chi connectivity index (χ0) is 21.6. The highest BCUT2D eigenvalue weighted by atomic mass is 19.4. The first-order chi connectivity index (χ1) is 14.3. The van der Waals surface area contributed by atoms with Crippen molar-refractivity contribution in [2.75, 3.05) is 13.1 Å². The Morgan fingerprint density at radius 2 is 2.07 bits per heavy atom. The number of aromatic nitrogens is 1. The molecule has 1 unspecified atom stereocenters. The molecule has 1 aromatic carbocycles. The average molecular weight is 422 g/mol. The molecule has 0 bridgehead atoms. The number of pyridine rings is 1. The van der Waals surface area contributed by atoms with Gasteiger partial charge in [0.15, 0.2) is 0 Å². The van der Waals surface area contributed by atoms with Crippen molar-refractivity contribution in [2.45, 2.75) is 31.9 Å². The number of amides is 2. The molecule has 1 atom stereocenters. The maximum absolute atomic E-state index is 12.4. The second-order valence-electron chi connectivity index (χ2n) is 6.81. The Balaban J connectivity index is 1.57. The van der Waals surface area contributed by atoms with Crippen molar-refractivity contribution in [3.05, 3.63) is 59.9 Å². The lowest BCUT2D eigenvalue weighted by molar-refractivity contribution is -0.274. The molecule has 7 nitrogen and oxygen atoms in total. The lowest BCUT2D eigenvalue weighted by Crippen LogP contribution is -2.56. The zero-order valence-electron chi connectivity index (χ0n) is 16.0. The number of carbonyl (C=O) groups is 2. The highest BCUT2D eigenvalue weighted by Crippen LogP contribution is 2.23. The zero-order valence-corrected chi connectivity index (χ0v) is 16.0. The lowest BCUT2D eigenvalue weighted by atomic mass is 10.1. The van der Waals surface area contributed by atoms with E-state index in [1.165, 1.54) is 18.2 Å². The van der Waals surface area contributed by atoms with Crippen LogP contribution in [0.2, 0.25) is 0 Å². The fourth-order valence-corrected chi connectivity index (χ4v) is 3.20. The fraction of sp³-hybridized carbons (Fsp3) is 0.350. The number of hydrogen-bond donors (Lipinski definition) is 2. The van der Waals surface area contributed by atoms with Crippen molar-refractivity contribution in [1.82, 2.24) is 20.5 Å². The highest BCUT2D eigenvalue weighted by Gasteiger charge is 2.32. The van der Waals surface area contributed by atoms with Crippen LogP contribution < -0.4 is 15.4 Å². The molecule has 10 heteroatoms. The van der Waals surface area contributed by atoms with Crippen LogP contribution in [0.4, 0.5) is 13.2 Å². The van der Waals surface area contributed by atoms with E-state index in [1.54, 1.807) is 24.5 Å². The largest absolute Gasteiger partial charge is 0.573 e. The Hall–Kier alpha value is -3.14. The number of halogens is 3. The van der Waals surface area contributed by atoms with Gasteiger partial charge in [0.25, 0.3) is 0 Å². The van der Waals surface area contributed by atoms with Crippen LogP contribution in [0.1, 0.15) is 17.5 Å². The topological polar surface area (TPSA) is 83.6 Å². The maximum Gasteiger partial charge on any atom is 0.573 e. The summed E-state index contributed by atoms with van der Waals surface area (Å²) in [6.45, 7) is 1.58. The highest BCUT2D eigenvalue weighted by molar-refractivity contribution is 5.88. The van der Waals surface area contributed by atoms with Gasteiger partial charge in [-0.15, -0.1) is 13.2 Å².